The first-order chi connectivity index (χ1) is 17.1. The average Bonchev–Trinajstić information content (AvgIpc) is 3.30. The van der Waals surface area contributed by atoms with Gasteiger partial charge < -0.3 is 19.5 Å². The number of thioether (sulfide) groups is 1. The van der Waals surface area contributed by atoms with Crippen molar-refractivity contribution in [3.05, 3.63) is 86.3 Å². The first-order valence-electron chi connectivity index (χ1n) is 10.5. The van der Waals surface area contributed by atoms with Crippen molar-refractivity contribution in [3.63, 3.8) is 0 Å². The second-order valence-electron chi connectivity index (χ2n) is 8.07. The van der Waals surface area contributed by atoms with Crippen LogP contribution in [0.2, 0.25) is 10.0 Å². The molecule has 5 rings (SSSR count). The maximum absolute atomic E-state index is 11.7. The Morgan fingerprint density at radius 3 is 2.42 bits per heavy atom. The molecule has 0 aliphatic carbocycles. The van der Waals surface area contributed by atoms with Crippen LogP contribution in [0.3, 0.4) is 0 Å². The first-order valence-corrected chi connectivity index (χ1v) is 14.5. The Balaban J connectivity index is 1.61. The molecule has 0 atom stereocenters. The molecule has 2 N–H and O–H groups in total. The van der Waals surface area contributed by atoms with E-state index in [0.717, 1.165) is 25.7 Å². The van der Waals surface area contributed by atoms with Gasteiger partial charge in [0.25, 0.3) is 5.01 Å². The van der Waals surface area contributed by atoms with Crippen LogP contribution in [0.15, 0.2) is 70.6 Å². The lowest BCUT2D eigenvalue weighted by atomic mass is 9.80. The van der Waals surface area contributed by atoms with E-state index in [-0.39, 0.29) is 0 Å². The van der Waals surface area contributed by atoms with Gasteiger partial charge in [0.15, 0.2) is 6.54 Å². The topological polar surface area (TPSA) is 105 Å². The van der Waals surface area contributed by atoms with Crippen LogP contribution in [0.1, 0.15) is 10.6 Å². The monoisotopic (exact) mass is 578 g/mol. The van der Waals surface area contributed by atoms with Gasteiger partial charge >= 0.3 is 7.12 Å². The minimum absolute atomic E-state index is 0.387. The zero-order valence-corrected chi connectivity index (χ0v) is 22.3. The zero-order valence-electron chi connectivity index (χ0n) is 18.3. The molecule has 1 aliphatic rings. The van der Waals surface area contributed by atoms with Crippen molar-refractivity contribution in [1.29, 1.82) is 0 Å². The summed E-state index contributed by atoms with van der Waals surface area (Å²) in [6.07, 6.45) is 1.86. The Morgan fingerprint density at radius 2 is 1.72 bits per heavy atom. The van der Waals surface area contributed by atoms with Crippen molar-refractivity contribution < 1.29 is 27.6 Å². The van der Waals surface area contributed by atoms with Crippen molar-refractivity contribution in [2.24, 2.45) is 0 Å². The Hall–Kier alpha value is -2.09. The summed E-state index contributed by atoms with van der Waals surface area (Å²) in [6, 6.07) is 17.7. The molecule has 0 spiro atoms. The van der Waals surface area contributed by atoms with Crippen LogP contribution >= 0.6 is 46.3 Å². The third-order valence-corrected chi connectivity index (χ3v) is 8.81. The van der Waals surface area contributed by atoms with E-state index in [0.29, 0.717) is 32.8 Å². The van der Waals surface area contributed by atoms with E-state index in [9.17, 15) is 23.0 Å². The van der Waals surface area contributed by atoms with Crippen molar-refractivity contribution >= 4 is 91.0 Å². The molecule has 0 amide bonds. The number of rotatable bonds is 6. The van der Waals surface area contributed by atoms with Gasteiger partial charge in [-0.2, -0.15) is 4.57 Å². The van der Waals surface area contributed by atoms with Crippen LogP contribution in [0.5, 0.6) is 0 Å². The number of fused-ring (bicyclic) bond motifs is 2. The number of hydrogen-bond acceptors (Lipinski definition) is 8. The molecule has 36 heavy (non-hydrogen) atoms. The Kier molecular flexibility index (Phi) is 7.10. The summed E-state index contributed by atoms with van der Waals surface area (Å²) in [5.74, 6) is -0.721. The van der Waals surface area contributed by atoms with Gasteiger partial charge in [-0.25, -0.2) is 8.42 Å². The third-order valence-electron chi connectivity index (χ3n) is 5.54. The Labute approximate surface area is 226 Å². The summed E-state index contributed by atoms with van der Waals surface area (Å²) in [6.45, 7) is 0.449. The molecule has 0 bridgehead atoms. The summed E-state index contributed by atoms with van der Waals surface area (Å²) >= 11 is 15.3. The fourth-order valence-corrected chi connectivity index (χ4v) is 7.14. The molecule has 0 saturated carbocycles. The van der Waals surface area contributed by atoms with Crippen molar-refractivity contribution in [1.82, 2.24) is 0 Å². The molecule has 1 aromatic heterocycles. The smallest absolute Gasteiger partial charge is 0.488 e. The second kappa shape index (κ2) is 10.00. The second-order valence-corrected chi connectivity index (χ2v) is 12.4. The standard InChI is InChI=1S/C23H17BCl2N2O5S3/c25-16-5-7-20-18(9-16)27(12-14-1-3-15(4-2-14)24(29)30)22(34-20)11-23-28(13-36(31,32)33)19-10-17(26)6-8-21(19)35-23/h1-11,29-30H,12-13H2. The van der Waals surface area contributed by atoms with Gasteiger partial charge in [-0.15, -0.1) is 0 Å². The average molecular weight is 579 g/mol. The molecule has 0 saturated heterocycles. The predicted molar refractivity (Wildman–Crippen MR) is 145 cm³/mol. The number of aromatic nitrogens is 1. The molecular formula is C23H17BCl2N2O5S3. The number of hydrogen-bond donors (Lipinski definition) is 2. The summed E-state index contributed by atoms with van der Waals surface area (Å²) in [5, 5.41) is 21.2. The van der Waals surface area contributed by atoms with Gasteiger partial charge in [0, 0.05) is 26.6 Å². The van der Waals surface area contributed by atoms with Crippen LogP contribution in [0.25, 0.3) is 16.3 Å². The van der Waals surface area contributed by atoms with Crippen LogP contribution in [0, 0.1) is 0 Å². The maximum atomic E-state index is 11.7. The van der Waals surface area contributed by atoms with E-state index in [4.69, 9.17) is 23.2 Å². The number of nitrogens with zero attached hydrogens (tertiary/aromatic N) is 2. The fourth-order valence-electron chi connectivity index (χ4n) is 3.90. The third kappa shape index (κ3) is 5.43. The van der Waals surface area contributed by atoms with Crippen LogP contribution < -0.4 is 14.9 Å². The minimum atomic E-state index is -4.57. The highest BCUT2D eigenvalue weighted by atomic mass is 35.5. The maximum Gasteiger partial charge on any atom is 0.488 e. The summed E-state index contributed by atoms with van der Waals surface area (Å²) in [7, 11) is -6.12. The van der Waals surface area contributed by atoms with Gasteiger partial charge in [-0.1, -0.05) is 70.6 Å². The van der Waals surface area contributed by atoms with Gasteiger partial charge in [-0.3, -0.25) is 0 Å². The van der Waals surface area contributed by atoms with E-state index in [1.54, 1.807) is 36.4 Å². The molecule has 2 heterocycles. The summed E-state index contributed by atoms with van der Waals surface area (Å²) in [4.78, 5) is 2.26. The molecule has 3 aromatic carbocycles. The van der Waals surface area contributed by atoms with Crippen LogP contribution in [-0.2, 0) is 16.7 Å². The van der Waals surface area contributed by atoms with E-state index >= 15 is 0 Å². The molecule has 0 unspecified atom stereocenters. The Morgan fingerprint density at radius 1 is 1.03 bits per heavy atom. The van der Waals surface area contributed by atoms with Crippen LogP contribution in [-0.4, -0.2) is 36.0 Å². The van der Waals surface area contributed by atoms with Gasteiger partial charge in [0.1, 0.15) is 20.7 Å². The Bertz CT molecular complexity index is 1610. The van der Waals surface area contributed by atoms with E-state index < -0.39 is 23.1 Å². The molecule has 184 valence electrons. The minimum Gasteiger partial charge on any atom is -0.747 e. The molecule has 4 aromatic rings. The molecular weight excluding hydrogens is 562 g/mol. The normalized spacial score (nSPS) is 14.6. The quantitative estimate of drug-likeness (QED) is 0.204. The molecule has 7 nitrogen and oxygen atoms in total. The number of anilines is 1. The summed E-state index contributed by atoms with van der Waals surface area (Å²) < 4.78 is 38.2. The number of thiazole rings is 1. The van der Waals surface area contributed by atoms with Crippen molar-refractivity contribution in [2.75, 3.05) is 10.8 Å². The number of benzene rings is 3. The lowest BCUT2D eigenvalue weighted by molar-refractivity contribution is -0.659. The molecule has 0 fully saturated rings. The van der Waals surface area contributed by atoms with E-state index in [1.807, 2.05) is 34.9 Å². The predicted octanol–water partition coefficient (Wildman–Crippen LogP) is 3.64. The first kappa shape index (κ1) is 25.6. The highest BCUT2D eigenvalue weighted by Gasteiger charge is 2.29. The van der Waals surface area contributed by atoms with Gasteiger partial charge in [-0.05, 0) is 35.8 Å². The highest BCUT2D eigenvalue weighted by molar-refractivity contribution is 8.04. The number of halogens is 2. The van der Waals surface area contributed by atoms with Crippen molar-refractivity contribution in [3.8, 4) is 0 Å². The van der Waals surface area contributed by atoms with Gasteiger partial charge in [0.2, 0.25) is 5.52 Å². The van der Waals surface area contributed by atoms with Gasteiger partial charge in [0.05, 0.1) is 16.8 Å². The lowest BCUT2D eigenvalue weighted by Crippen LogP contribution is -2.36. The lowest BCUT2D eigenvalue weighted by Gasteiger charge is -2.21. The fraction of sp³-hybridized carbons (Fsp3) is 0.0870. The van der Waals surface area contributed by atoms with Crippen molar-refractivity contribution in [2.45, 2.75) is 11.4 Å². The zero-order chi connectivity index (χ0) is 25.6. The molecule has 0 radical (unpaired) electrons. The van der Waals surface area contributed by atoms with Crippen LogP contribution in [0.4, 0.5) is 5.69 Å². The largest absolute Gasteiger partial charge is 0.747 e. The highest BCUT2D eigenvalue weighted by Crippen LogP contribution is 2.48. The molecule has 1 aliphatic heterocycles. The summed E-state index contributed by atoms with van der Waals surface area (Å²) in [5.41, 5.74) is 2.75. The van der Waals surface area contributed by atoms with E-state index in [1.165, 1.54) is 28.0 Å². The van der Waals surface area contributed by atoms with E-state index in [2.05, 4.69) is 0 Å². The SMILES string of the molecule is O=S(=O)([O-])CN1C(=Cc2sc3ccc(Cl)cc3[n+]2Cc2ccc(B(O)O)cc2)Sc2ccc(Cl)cc21. The molecule has 13 heteroatoms.